The maximum absolute atomic E-state index is 11.7. The first kappa shape index (κ1) is 21.2. The Morgan fingerprint density at radius 3 is 2.35 bits per heavy atom. The lowest BCUT2D eigenvalue weighted by Crippen LogP contribution is -3.00. The van der Waals surface area contributed by atoms with Gasteiger partial charge in [0, 0.05) is 0 Å². The lowest BCUT2D eigenvalue weighted by molar-refractivity contribution is -0.862. The van der Waals surface area contributed by atoms with Crippen molar-refractivity contribution in [3.05, 3.63) is 23.8 Å². The van der Waals surface area contributed by atoms with E-state index in [2.05, 4.69) is 10.5 Å². The molecule has 1 aromatic carbocycles. The number of nitrogens with one attached hydrogen (secondary N) is 1. The van der Waals surface area contributed by atoms with E-state index in [-0.39, 0.29) is 18.3 Å². The van der Waals surface area contributed by atoms with E-state index in [4.69, 9.17) is 9.47 Å². The van der Waals surface area contributed by atoms with Crippen molar-refractivity contribution in [2.45, 2.75) is 13.8 Å². The van der Waals surface area contributed by atoms with E-state index in [1.165, 1.54) is 0 Å². The fourth-order valence-electron chi connectivity index (χ4n) is 1.79. The zero-order chi connectivity index (χ0) is 16.6. The van der Waals surface area contributed by atoms with E-state index in [1.54, 1.807) is 6.21 Å². The number of benzene rings is 1. The lowest BCUT2D eigenvalue weighted by atomic mass is 10.2. The van der Waals surface area contributed by atoms with Gasteiger partial charge in [-0.2, -0.15) is 5.10 Å². The van der Waals surface area contributed by atoms with Crippen LogP contribution in [0.3, 0.4) is 0 Å². The maximum atomic E-state index is 11.7. The average Bonchev–Trinajstić information content (AvgIpc) is 2.40. The predicted molar refractivity (Wildman–Crippen MR) is 87.4 cm³/mol. The van der Waals surface area contributed by atoms with Crippen LogP contribution in [0.1, 0.15) is 19.4 Å². The average molecular weight is 344 g/mol. The van der Waals surface area contributed by atoms with Crippen molar-refractivity contribution in [2.75, 3.05) is 40.9 Å². The molecule has 0 atom stereocenters. The molecular weight excluding hydrogens is 318 g/mol. The zero-order valence-electron chi connectivity index (χ0n) is 14.4. The molecule has 0 spiro atoms. The monoisotopic (exact) mass is 343 g/mol. The molecular formula is C16H26ClN3O3. The van der Waals surface area contributed by atoms with Crippen molar-refractivity contribution in [1.82, 2.24) is 5.43 Å². The van der Waals surface area contributed by atoms with E-state index in [0.29, 0.717) is 35.7 Å². The van der Waals surface area contributed by atoms with Crippen molar-refractivity contribution in [3.63, 3.8) is 0 Å². The highest BCUT2D eigenvalue weighted by Crippen LogP contribution is 2.27. The number of rotatable bonds is 8. The van der Waals surface area contributed by atoms with Gasteiger partial charge in [-0.3, -0.25) is 4.79 Å². The molecule has 0 aromatic heterocycles. The van der Waals surface area contributed by atoms with Crippen LogP contribution in [0.25, 0.3) is 0 Å². The SMILES string of the molecule is CCOc1ccc(C=NNC(=O)C[N+](C)(C)C)cc1OCC.[Cl-]. The Bertz CT molecular complexity index is 528. The van der Waals surface area contributed by atoms with Crippen LogP contribution in [0.5, 0.6) is 11.5 Å². The summed E-state index contributed by atoms with van der Waals surface area (Å²) in [7, 11) is 5.85. The Morgan fingerprint density at radius 1 is 1.17 bits per heavy atom. The summed E-state index contributed by atoms with van der Waals surface area (Å²) in [6, 6.07) is 5.54. The van der Waals surface area contributed by atoms with E-state index in [0.717, 1.165) is 5.56 Å². The Morgan fingerprint density at radius 2 is 1.78 bits per heavy atom. The van der Waals surface area contributed by atoms with Crippen LogP contribution >= 0.6 is 0 Å². The summed E-state index contributed by atoms with van der Waals surface area (Å²) in [5.74, 6) is 1.25. The van der Waals surface area contributed by atoms with Gasteiger partial charge in [-0.25, -0.2) is 5.43 Å². The van der Waals surface area contributed by atoms with Crippen molar-refractivity contribution >= 4 is 12.1 Å². The van der Waals surface area contributed by atoms with E-state index in [9.17, 15) is 4.79 Å². The molecule has 23 heavy (non-hydrogen) atoms. The highest BCUT2D eigenvalue weighted by atomic mass is 35.5. The fourth-order valence-corrected chi connectivity index (χ4v) is 1.79. The number of halogens is 1. The molecule has 0 aliphatic carbocycles. The summed E-state index contributed by atoms with van der Waals surface area (Å²) in [4.78, 5) is 11.7. The number of hydrogen-bond donors (Lipinski definition) is 1. The first-order valence-corrected chi connectivity index (χ1v) is 7.37. The molecule has 1 amide bonds. The molecule has 0 fully saturated rings. The second-order valence-electron chi connectivity index (χ2n) is 5.81. The first-order valence-electron chi connectivity index (χ1n) is 7.37. The molecule has 0 aliphatic heterocycles. The second-order valence-corrected chi connectivity index (χ2v) is 5.81. The fraction of sp³-hybridized carbons (Fsp3) is 0.500. The summed E-state index contributed by atoms with van der Waals surface area (Å²) in [5.41, 5.74) is 3.35. The molecule has 0 bridgehead atoms. The summed E-state index contributed by atoms with van der Waals surface area (Å²) >= 11 is 0. The molecule has 1 aromatic rings. The third kappa shape index (κ3) is 8.42. The quantitative estimate of drug-likeness (QED) is 0.360. The molecule has 6 nitrogen and oxygen atoms in total. The zero-order valence-corrected chi connectivity index (χ0v) is 15.2. The van der Waals surface area contributed by atoms with E-state index >= 15 is 0 Å². The molecule has 130 valence electrons. The van der Waals surface area contributed by atoms with Crippen LogP contribution < -0.4 is 27.3 Å². The minimum absolute atomic E-state index is 0. The third-order valence-corrected chi connectivity index (χ3v) is 2.59. The lowest BCUT2D eigenvalue weighted by Gasteiger charge is -2.21. The molecule has 0 saturated carbocycles. The Kier molecular flexibility index (Phi) is 9.29. The predicted octanol–water partition coefficient (Wildman–Crippen LogP) is -1.36. The van der Waals surface area contributed by atoms with Crippen molar-refractivity contribution in [2.24, 2.45) is 5.10 Å². The van der Waals surface area contributed by atoms with Crippen LogP contribution in [-0.4, -0.2) is 57.5 Å². The molecule has 1 rings (SSSR count). The molecule has 0 aliphatic rings. The summed E-state index contributed by atoms with van der Waals surface area (Å²) in [6.45, 7) is 5.34. The summed E-state index contributed by atoms with van der Waals surface area (Å²) in [5, 5.41) is 3.97. The van der Waals surface area contributed by atoms with Crippen LogP contribution in [-0.2, 0) is 4.79 Å². The summed E-state index contributed by atoms with van der Waals surface area (Å²) in [6.07, 6.45) is 1.59. The standard InChI is InChI=1S/C16H25N3O3.ClH/c1-6-21-14-9-8-13(10-15(14)22-7-2)11-17-18-16(20)12-19(3,4)5;/h8-11H,6-7,12H2,1-5H3;1H. The van der Waals surface area contributed by atoms with Gasteiger partial charge in [0.05, 0.1) is 40.6 Å². The number of ether oxygens (including phenoxy) is 2. The largest absolute Gasteiger partial charge is 1.00 e. The first-order chi connectivity index (χ1) is 10.4. The second kappa shape index (κ2) is 10.1. The van der Waals surface area contributed by atoms with Crippen molar-refractivity contribution < 1.29 is 31.2 Å². The number of nitrogens with zero attached hydrogens (tertiary/aromatic N) is 2. The van der Waals surface area contributed by atoms with E-state index in [1.807, 2.05) is 53.2 Å². The van der Waals surface area contributed by atoms with Crippen molar-refractivity contribution in [3.8, 4) is 11.5 Å². The molecule has 1 N–H and O–H groups in total. The van der Waals surface area contributed by atoms with Gasteiger partial charge in [0.2, 0.25) is 0 Å². The molecule has 7 heteroatoms. The topological polar surface area (TPSA) is 59.9 Å². The van der Waals surface area contributed by atoms with Gasteiger partial charge in [0.15, 0.2) is 18.0 Å². The van der Waals surface area contributed by atoms with E-state index < -0.39 is 0 Å². The number of carbonyl (C=O) groups is 1. The van der Waals surface area contributed by atoms with Crippen LogP contribution in [0.2, 0.25) is 0 Å². The third-order valence-electron chi connectivity index (χ3n) is 2.59. The molecule has 0 heterocycles. The molecule has 0 unspecified atom stereocenters. The van der Waals surface area contributed by atoms with Gasteiger partial charge >= 0.3 is 0 Å². The molecule has 0 radical (unpaired) electrons. The minimum Gasteiger partial charge on any atom is -1.00 e. The van der Waals surface area contributed by atoms with Crippen molar-refractivity contribution in [1.29, 1.82) is 0 Å². The number of hydrogen-bond acceptors (Lipinski definition) is 4. The van der Waals surface area contributed by atoms with Crippen LogP contribution in [0.4, 0.5) is 0 Å². The normalized spacial score (nSPS) is 11.0. The van der Waals surface area contributed by atoms with Crippen LogP contribution in [0.15, 0.2) is 23.3 Å². The van der Waals surface area contributed by atoms with Gasteiger partial charge < -0.3 is 26.4 Å². The van der Waals surface area contributed by atoms with Gasteiger partial charge in [-0.15, -0.1) is 0 Å². The summed E-state index contributed by atoms with van der Waals surface area (Å²) < 4.78 is 11.6. The number of amides is 1. The number of likely N-dealkylation sites (N-methyl/N-ethyl adjacent to an activating group) is 1. The highest BCUT2D eigenvalue weighted by Gasteiger charge is 2.13. The van der Waals surface area contributed by atoms with Gasteiger partial charge in [0.1, 0.15) is 0 Å². The van der Waals surface area contributed by atoms with Gasteiger partial charge in [-0.1, -0.05) is 0 Å². The van der Waals surface area contributed by atoms with Gasteiger partial charge in [0.25, 0.3) is 5.91 Å². The van der Waals surface area contributed by atoms with Crippen LogP contribution in [0, 0.1) is 0 Å². The maximum Gasteiger partial charge on any atom is 0.295 e. The smallest absolute Gasteiger partial charge is 0.295 e. The minimum atomic E-state index is -0.125. The Labute approximate surface area is 144 Å². The molecule has 0 saturated heterocycles. The number of carbonyl (C=O) groups excluding carboxylic acids is 1. The number of quaternary nitrogens is 1. The number of hydrazone groups is 1. The Balaban J connectivity index is 0.00000484. The van der Waals surface area contributed by atoms with Gasteiger partial charge in [-0.05, 0) is 37.6 Å². The Hall–Kier alpha value is -1.79. The highest BCUT2D eigenvalue weighted by molar-refractivity contribution is 5.83.